The van der Waals surface area contributed by atoms with Gasteiger partial charge in [0.15, 0.2) is 11.5 Å². The Morgan fingerprint density at radius 3 is 2.79 bits per heavy atom. The number of aromatic nitrogens is 2. The predicted molar refractivity (Wildman–Crippen MR) is 111 cm³/mol. The van der Waals surface area contributed by atoms with Gasteiger partial charge in [-0.1, -0.05) is 6.07 Å². The van der Waals surface area contributed by atoms with Crippen LogP contribution in [-0.4, -0.2) is 49.0 Å². The summed E-state index contributed by atoms with van der Waals surface area (Å²) < 4.78 is 12.5. The van der Waals surface area contributed by atoms with Gasteiger partial charge >= 0.3 is 0 Å². The fourth-order valence-corrected chi connectivity index (χ4v) is 3.43. The van der Waals surface area contributed by atoms with E-state index >= 15 is 0 Å². The molecule has 2 N–H and O–H groups in total. The Bertz CT molecular complexity index is 775. The van der Waals surface area contributed by atoms with Gasteiger partial charge in [-0.3, -0.25) is 9.48 Å². The average molecular weight is 409 g/mol. The van der Waals surface area contributed by atoms with Crippen LogP contribution >= 0.6 is 12.4 Å². The highest BCUT2D eigenvalue weighted by atomic mass is 35.5. The number of piperidine rings is 1. The Balaban J connectivity index is 0.00000280. The number of rotatable bonds is 7. The number of benzene rings is 1. The van der Waals surface area contributed by atoms with Crippen LogP contribution in [0.5, 0.6) is 11.5 Å². The second-order valence-electron chi connectivity index (χ2n) is 6.95. The quantitative estimate of drug-likeness (QED) is 0.736. The molecule has 2 unspecified atom stereocenters. The van der Waals surface area contributed by atoms with Crippen molar-refractivity contribution in [2.24, 2.45) is 0 Å². The molecule has 0 spiro atoms. The smallest absolute Gasteiger partial charge is 0.271 e. The van der Waals surface area contributed by atoms with Crippen molar-refractivity contribution in [3.8, 4) is 11.5 Å². The average Bonchev–Trinajstić information content (AvgIpc) is 3.19. The van der Waals surface area contributed by atoms with Crippen LogP contribution in [0.1, 0.15) is 41.9 Å². The first-order valence-electron chi connectivity index (χ1n) is 9.38. The van der Waals surface area contributed by atoms with Gasteiger partial charge in [-0.25, -0.2) is 0 Å². The fraction of sp³-hybridized carbons (Fsp3) is 0.500. The van der Waals surface area contributed by atoms with Crippen LogP contribution in [0.4, 0.5) is 0 Å². The second kappa shape index (κ2) is 10.3. The molecular formula is C20H29ClN4O3. The summed E-state index contributed by atoms with van der Waals surface area (Å²) in [6.07, 6.45) is 4.81. The molecule has 0 aliphatic carbocycles. The summed E-state index contributed by atoms with van der Waals surface area (Å²) in [6.45, 7) is 3.94. The number of halogens is 1. The van der Waals surface area contributed by atoms with Crippen LogP contribution in [0.3, 0.4) is 0 Å². The molecule has 2 aromatic rings. The predicted octanol–water partition coefficient (Wildman–Crippen LogP) is 2.61. The number of ether oxygens (including phenoxy) is 2. The molecule has 1 saturated heterocycles. The topological polar surface area (TPSA) is 77.4 Å². The minimum atomic E-state index is -0.148. The van der Waals surface area contributed by atoms with Gasteiger partial charge in [0.25, 0.3) is 5.91 Å². The molecular weight excluding hydrogens is 380 g/mol. The Morgan fingerprint density at radius 1 is 1.32 bits per heavy atom. The van der Waals surface area contributed by atoms with Crippen molar-refractivity contribution in [2.45, 2.75) is 38.3 Å². The van der Waals surface area contributed by atoms with Gasteiger partial charge in [0.2, 0.25) is 0 Å². The second-order valence-corrected chi connectivity index (χ2v) is 6.95. The zero-order valence-corrected chi connectivity index (χ0v) is 17.4. The van der Waals surface area contributed by atoms with E-state index in [1.54, 1.807) is 20.3 Å². The van der Waals surface area contributed by atoms with Gasteiger partial charge in [0.05, 0.1) is 20.3 Å². The van der Waals surface area contributed by atoms with E-state index in [9.17, 15) is 4.79 Å². The number of amides is 1. The van der Waals surface area contributed by atoms with Crippen molar-refractivity contribution in [2.75, 3.05) is 27.3 Å². The molecule has 0 radical (unpaired) electrons. The third-order valence-electron chi connectivity index (χ3n) is 4.85. The van der Waals surface area contributed by atoms with E-state index in [0.29, 0.717) is 29.7 Å². The van der Waals surface area contributed by atoms with Crippen LogP contribution in [0.2, 0.25) is 0 Å². The van der Waals surface area contributed by atoms with Crippen molar-refractivity contribution in [1.29, 1.82) is 0 Å². The van der Waals surface area contributed by atoms with Gasteiger partial charge < -0.3 is 20.1 Å². The van der Waals surface area contributed by atoms with Gasteiger partial charge in [0.1, 0.15) is 5.69 Å². The molecule has 154 valence electrons. The van der Waals surface area contributed by atoms with Gasteiger partial charge in [-0.2, -0.15) is 5.10 Å². The third kappa shape index (κ3) is 5.39. The van der Waals surface area contributed by atoms with Gasteiger partial charge in [-0.15, -0.1) is 12.4 Å². The van der Waals surface area contributed by atoms with E-state index in [2.05, 4.69) is 15.7 Å². The highest BCUT2D eigenvalue weighted by Crippen LogP contribution is 2.28. The zero-order chi connectivity index (χ0) is 19.2. The standard InChI is InChI=1S/C20H28N4O3.ClH/c1-14(11-15-6-7-18(26-2)19(12-15)27-3)22-20(25)17-8-10-24(23-17)16-5-4-9-21-13-16;/h6-8,10,12,14,16,21H,4-5,9,11,13H2,1-3H3,(H,22,25);1H. The lowest BCUT2D eigenvalue weighted by atomic mass is 10.1. The summed E-state index contributed by atoms with van der Waals surface area (Å²) >= 11 is 0. The highest BCUT2D eigenvalue weighted by molar-refractivity contribution is 5.92. The molecule has 0 bridgehead atoms. The lowest BCUT2D eigenvalue weighted by molar-refractivity contribution is 0.0933. The summed E-state index contributed by atoms with van der Waals surface area (Å²) in [5.41, 5.74) is 1.53. The van der Waals surface area contributed by atoms with Crippen LogP contribution in [0.15, 0.2) is 30.5 Å². The molecule has 1 aliphatic rings. The fourth-order valence-electron chi connectivity index (χ4n) is 3.43. The molecule has 2 heterocycles. The van der Waals surface area contributed by atoms with Crippen molar-refractivity contribution in [3.05, 3.63) is 41.7 Å². The summed E-state index contributed by atoms with van der Waals surface area (Å²) in [5.74, 6) is 1.24. The van der Waals surface area contributed by atoms with Gasteiger partial charge in [-0.05, 0) is 56.5 Å². The Labute approximate surface area is 172 Å². The third-order valence-corrected chi connectivity index (χ3v) is 4.85. The molecule has 28 heavy (non-hydrogen) atoms. The molecule has 8 heteroatoms. The van der Waals surface area contributed by atoms with Crippen molar-refractivity contribution < 1.29 is 14.3 Å². The van der Waals surface area contributed by atoms with Crippen LogP contribution in [0, 0.1) is 0 Å². The first-order valence-corrected chi connectivity index (χ1v) is 9.38. The maximum Gasteiger partial charge on any atom is 0.271 e. The van der Waals surface area contributed by atoms with Crippen molar-refractivity contribution >= 4 is 18.3 Å². The SMILES string of the molecule is COc1ccc(CC(C)NC(=O)c2ccn(C3CCCNC3)n2)cc1OC.Cl. The van der Waals surface area contributed by atoms with Crippen LogP contribution in [-0.2, 0) is 6.42 Å². The number of nitrogens with one attached hydrogen (secondary N) is 2. The Hall–Kier alpha value is -2.25. The molecule has 1 amide bonds. The molecule has 7 nitrogen and oxygen atoms in total. The summed E-state index contributed by atoms with van der Waals surface area (Å²) in [4.78, 5) is 12.5. The van der Waals surface area contributed by atoms with E-state index in [4.69, 9.17) is 9.47 Å². The molecule has 1 aromatic carbocycles. The monoisotopic (exact) mass is 408 g/mol. The lowest BCUT2D eigenvalue weighted by Crippen LogP contribution is -2.35. The molecule has 3 rings (SSSR count). The lowest BCUT2D eigenvalue weighted by Gasteiger charge is -2.22. The minimum absolute atomic E-state index is 0. The molecule has 1 fully saturated rings. The number of nitrogens with zero attached hydrogens (tertiary/aromatic N) is 2. The van der Waals surface area contributed by atoms with Crippen LogP contribution in [0.25, 0.3) is 0 Å². The van der Waals surface area contributed by atoms with E-state index in [0.717, 1.165) is 31.5 Å². The zero-order valence-electron chi connectivity index (χ0n) is 16.6. The number of carbonyl (C=O) groups is 1. The summed E-state index contributed by atoms with van der Waals surface area (Å²) in [5, 5.41) is 10.9. The summed E-state index contributed by atoms with van der Waals surface area (Å²) in [6, 6.07) is 7.87. The molecule has 2 atom stereocenters. The van der Waals surface area contributed by atoms with Gasteiger partial charge in [0, 0.05) is 18.8 Å². The number of methoxy groups -OCH3 is 2. The Morgan fingerprint density at radius 2 is 2.11 bits per heavy atom. The largest absolute Gasteiger partial charge is 0.493 e. The van der Waals surface area contributed by atoms with Crippen molar-refractivity contribution in [3.63, 3.8) is 0 Å². The first-order chi connectivity index (χ1) is 13.1. The van der Waals surface area contributed by atoms with E-state index in [-0.39, 0.29) is 24.4 Å². The minimum Gasteiger partial charge on any atom is -0.493 e. The van der Waals surface area contributed by atoms with E-state index in [1.165, 1.54) is 0 Å². The number of carbonyl (C=O) groups excluding carboxylic acids is 1. The Kier molecular flexibility index (Phi) is 8.14. The first kappa shape index (κ1) is 22.0. The maximum atomic E-state index is 12.5. The van der Waals surface area contributed by atoms with E-state index < -0.39 is 0 Å². The number of hydrogen-bond acceptors (Lipinski definition) is 5. The van der Waals surface area contributed by atoms with Crippen molar-refractivity contribution in [1.82, 2.24) is 20.4 Å². The summed E-state index contributed by atoms with van der Waals surface area (Å²) in [7, 11) is 3.23. The maximum absolute atomic E-state index is 12.5. The molecule has 0 saturated carbocycles. The normalized spacial score (nSPS) is 17.3. The molecule has 1 aliphatic heterocycles. The highest BCUT2D eigenvalue weighted by Gasteiger charge is 2.18. The van der Waals surface area contributed by atoms with Crippen LogP contribution < -0.4 is 20.1 Å². The number of hydrogen-bond donors (Lipinski definition) is 2. The molecule has 1 aromatic heterocycles. The van der Waals surface area contributed by atoms with E-state index in [1.807, 2.05) is 36.0 Å².